The number of ether oxygens (including phenoxy) is 1. The second-order valence-corrected chi connectivity index (χ2v) is 6.73. The van der Waals surface area contributed by atoms with Gasteiger partial charge < -0.3 is 33.2 Å². The smallest absolute Gasteiger partial charge is 0.318 e. The van der Waals surface area contributed by atoms with Crippen molar-refractivity contribution < 1.29 is 42.1 Å². The molecule has 0 amide bonds. The molecule has 2 aromatic rings. The SMILES string of the molecule is [3H]C([3H])([3H])[N+]1(C)CCC(OC(=O)C(c2ccccc2)c2ccccc2)CC1.[I-]. The van der Waals surface area contributed by atoms with E-state index in [2.05, 4.69) is 0 Å². The number of likely N-dealkylation sites (tertiary alicyclic amines) is 1. The van der Waals surface area contributed by atoms with Gasteiger partial charge in [0.1, 0.15) is 12.0 Å². The topological polar surface area (TPSA) is 26.3 Å². The average Bonchev–Trinajstić information content (AvgIpc) is 2.65. The number of benzene rings is 2. The summed E-state index contributed by atoms with van der Waals surface area (Å²) in [5.74, 6) is -0.750. The van der Waals surface area contributed by atoms with Gasteiger partial charge in [-0.25, -0.2) is 0 Å². The molecule has 1 aliphatic rings. The van der Waals surface area contributed by atoms with Crippen molar-refractivity contribution in [2.45, 2.75) is 24.9 Å². The zero-order valence-electron chi connectivity index (χ0n) is 17.4. The van der Waals surface area contributed by atoms with Crippen LogP contribution in [-0.4, -0.2) is 43.7 Å². The predicted molar refractivity (Wildman–Crippen MR) is 95.7 cm³/mol. The summed E-state index contributed by atoms with van der Waals surface area (Å²) in [6.45, 7) is -1.07. The van der Waals surface area contributed by atoms with Crippen LogP contribution in [-0.2, 0) is 9.53 Å². The van der Waals surface area contributed by atoms with E-state index in [0.717, 1.165) is 11.1 Å². The van der Waals surface area contributed by atoms with E-state index in [4.69, 9.17) is 8.85 Å². The summed E-state index contributed by atoms with van der Waals surface area (Å²) in [5, 5.41) is 0. The van der Waals surface area contributed by atoms with Crippen molar-refractivity contribution in [1.29, 1.82) is 0 Å². The van der Waals surface area contributed by atoms with Crippen molar-refractivity contribution >= 4 is 5.97 Å². The molecule has 0 atom stereocenters. The van der Waals surface area contributed by atoms with Gasteiger partial charge in [-0.05, 0) is 11.1 Å². The molecule has 4 heteroatoms. The minimum absolute atomic E-state index is 0. The molecule has 1 aliphatic heterocycles. The number of halogens is 1. The Balaban J connectivity index is 0.00000280. The largest absolute Gasteiger partial charge is 1.00 e. The van der Waals surface area contributed by atoms with Crippen LogP contribution in [0.1, 0.15) is 34.0 Å². The van der Waals surface area contributed by atoms with Crippen LogP contribution in [0.4, 0.5) is 0 Å². The van der Waals surface area contributed by atoms with Crippen molar-refractivity contribution in [2.75, 3.05) is 27.1 Å². The van der Waals surface area contributed by atoms with Gasteiger partial charge in [0.05, 0.1) is 31.2 Å². The fraction of sp³-hybridized carbons (Fsp3) is 0.381. The van der Waals surface area contributed by atoms with Gasteiger partial charge in [0.25, 0.3) is 0 Å². The summed E-state index contributed by atoms with van der Waals surface area (Å²) in [6, 6.07) is 19.2. The summed E-state index contributed by atoms with van der Waals surface area (Å²) in [7, 11) is 1.75. The van der Waals surface area contributed by atoms with Crippen LogP contribution in [0.5, 0.6) is 0 Å². The standard InChI is InChI=1S/C21H26NO2.HI/c1-22(2)15-13-19(14-16-22)24-21(23)20(17-9-5-3-6-10-17)18-11-7-4-8-12-18;/h3-12,19-20H,13-16H2,1-2H3;1H/q+1;/p-1/i1T3;. The first kappa shape index (κ1) is 15.8. The Morgan fingerprint density at radius 3 is 1.96 bits per heavy atom. The minimum Gasteiger partial charge on any atom is -1.00 e. The lowest BCUT2D eigenvalue weighted by Gasteiger charge is -2.37. The van der Waals surface area contributed by atoms with E-state index in [1.807, 2.05) is 60.7 Å². The summed E-state index contributed by atoms with van der Waals surface area (Å²) < 4.78 is 29.0. The van der Waals surface area contributed by atoms with E-state index >= 15 is 0 Å². The van der Waals surface area contributed by atoms with Gasteiger partial charge in [-0.3, -0.25) is 4.79 Å². The molecule has 0 aliphatic carbocycles. The van der Waals surface area contributed by atoms with Crippen molar-refractivity contribution in [2.24, 2.45) is 0 Å². The first-order valence-corrected chi connectivity index (χ1v) is 8.45. The zero-order valence-corrected chi connectivity index (χ0v) is 16.6. The van der Waals surface area contributed by atoms with E-state index in [1.165, 1.54) is 0 Å². The summed E-state index contributed by atoms with van der Waals surface area (Å²) in [6.07, 6.45) is 0.898. The lowest BCUT2D eigenvalue weighted by Crippen LogP contribution is -3.00. The minimum atomic E-state index is -2.04. The van der Waals surface area contributed by atoms with Crippen LogP contribution in [0.3, 0.4) is 0 Å². The van der Waals surface area contributed by atoms with E-state index in [0.29, 0.717) is 25.9 Å². The fourth-order valence-electron chi connectivity index (χ4n) is 3.22. The zero-order chi connectivity index (χ0) is 19.5. The molecular formula is C21H26INO2. The molecule has 0 bridgehead atoms. The number of rotatable bonds is 4. The van der Waals surface area contributed by atoms with Crippen LogP contribution in [0.25, 0.3) is 0 Å². The highest BCUT2D eigenvalue weighted by Gasteiger charge is 2.31. The molecule has 3 rings (SSSR count). The molecule has 1 saturated heterocycles. The Morgan fingerprint density at radius 1 is 1.04 bits per heavy atom. The highest BCUT2D eigenvalue weighted by molar-refractivity contribution is 5.82. The lowest BCUT2D eigenvalue weighted by molar-refractivity contribution is -0.896. The van der Waals surface area contributed by atoms with Gasteiger partial charge >= 0.3 is 5.97 Å². The molecule has 134 valence electrons. The Kier molecular flexibility index (Phi) is 5.57. The third-order valence-electron chi connectivity index (χ3n) is 4.67. The molecule has 0 saturated carbocycles. The van der Waals surface area contributed by atoms with Crippen molar-refractivity contribution in [3.05, 3.63) is 71.8 Å². The number of esters is 1. The number of piperidine rings is 1. The number of carbonyl (C=O) groups excluding carboxylic acids is 1. The van der Waals surface area contributed by atoms with E-state index in [9.17, 15) is 4.79 Å². The normalized spacial score (nSPS) is 25.2. The van der Waals surface area contributed by atoms with Crippen LogP contribution in [0.15, 0.2) is 60.7 Å². The molecule has 1 heterocycles. The predicted octanol–water partition coefficient (Wildman–Crippen LogP) is 0.605. The Labute approximate surface area is 171 Å². The highest BCUT2D eigenvalue weighted by atomic mass is 127. The van der Waals surface area contributed by atoms with Crippen molar-refractivity contribution in [3.8, 4) is 0 Å². The third kappa shape index (κ3) is 5.28. The molecule has 0 radical (unpaired) electrons. The molecule has 1 fully saturated rings. The maximum atomic E-state index is 13.0. The first-order valence-electron chi connectivity index (χ1n) is 9.95. The van der Waals surface area contributed by atoms with Crippen LogP contribution in [0.2, 0.25) is 0 Å². The van der Waals surface area contributed by atoms with E-state index in [1.54, 1.807) is 7.05 Å². The van der Waals surface area contributed by atoms with Crippen molar-refractivity contribution in [1.82, 2.24) is 0 Å². The Bertz CT molecular complexity index is 721. The van der Waals surface area contributed by atoms with Gasteiger partial charge in [0.15, 0.2) is 0 Å². The molecule has 0 N–H and O–H groups in total. The van der Waals surface area contributed by atoms with E-state index < -0.39 is 12.9 Å². The number of nitrogens with zero attached hydrogens (tertiary/aromatic N) is 1. The van der Waals surface area contributed by atoms with Gasteiger partial charge in [-0.1, -0.05) is 60.7 Å². The van der Waals surface area contributed by atoms with Gasteiger partial charge in [0, 0.05) is 12.8 Å². The van der Waals surface area contributed by atoms with Gasteiger partial charge in [-0.2, -0.15) is 0 Å². The van der Waals surface area contributed by atoms with Crippen LogP contribution < -0.4 is 24.0 Å². The second kappa shape index (κ2) is 8.81. The fourth-order valence-corrected chi connectivity index (χ4v) is 3.22. The summed E-state index contributed by atoms with van der Waals surface area (Å²) in [4.78, 5) is 13.0. The number of quaternary nitrogens is 1. The molecule has 2 aromatic carbocycles. The maximum Gasteiger partial charge on any atom is 0.318 e. The monoisotopic (exact) mass is 457 g/mol. The second-order valence-electron chi connectivity index (χ2n) is 6.73. The highest BCUT2D eigenvalue weighted by Crippen LogP contribution is 2.28. The van der Waals surface area contributed by atoms with Gasteiger partial charge in [0.2, 0.25) is 0 Å². The van der Waals surface area contributed by atoms with Crippen LogP contribution >= 0.6 is 0 Å². The molecule has 0 unspecified atom stereocenters. The third-order valence-corrected chi connectivity index (χ3v) is 4.67. The average molecular weight is 457 g/mol. The molecule has 0 spiro atoms. The van der Waals surface area contributed by atoms with E-state index in [-0.39, 0.29) is 40.5 Å². The number of carbonyl (C=O) groups is 1. The molecular weight excluding hydrogens is 425 g/mol. The Hall–Kier alpha value is -1.40. The Morgan fingerprint density at radius 2 is 1.52 bits per heavy atom. The van der Waals surface area contributed by atoms with Gasteiger partial charge in [-0.15, -0.1) is 0 Å². The first-order chi connectivity index (χ1) is 12.8. The van der Waals surface area contributed by atoms with Crippen molar-refractivity contribution in [3.63, 3.8) is 0 Å². The summed E-state index contributed by atoms with van der Waals surface area (Å²) in [5.41, 5.74) is 1.79. The quantitative estimate of drug-likeness (QED) is 0.382. The molecule has 25 heavy (non-hydrogen) atoms. The van der Waals surface area contributed by atoms with Crippen LogP contribution in [0, 0.1) is 0 Å². The molecule has 0 aromatic heterocycles. The number of hydrogen-bond acceptors (Lipinski definition) is 2. The molecule has 3 nitrogen and oxygen atoms in total. The lowest BCUT2D eigenvalue weighted by atomic mass is 9.91. The maximum absolute atomic E-state index is 13.0. The summed E-state index contributed by atoms with van der Waals surface area (Å²) >= 11 is 0. The number of hydrogen-bond donors (Lipinski definition) is 0.